The maximum absolute atomic E-state index is 12.5. The van der Waals surface area contributed by atoms with Gasteiger partial charge in [0.15, 0.2) is 0 Å². The van der Waals surface area contributed by atoms with Crippen LogP contribution in [0.1, 0.15) is 25.3 Å². The average molecular weight is 365 g/mol. The Hall–Kier alpha value is -1.86. The Morgan fingerprint density at radius 1 is 1.42 bits per heavy atom. The summed E-state index contributed by atoms with van der Waals surface area (Å²) < 4.78 is 10.6. The molecule has 1 aliphatic rings. The number of thiocarbonyl (C=S) groups is 1. The molecule has 1 aromatic carbocycles. The van der Waals surface area contributed by atoms with Crippen molar-refractivity contribution in [3.05, 3.63) is 34.7 Å². The van der Waals surface area contributed by atoms with Gasteiger partial charge in [0.25, 0.3) is 5.91 Å². The lowest BCUT2D eigenvalue weighted by Gasteiger charge is -2.13. The van der Waals surface area contributed by atoms with E-state index in [9.17, 15) is 9.59 Å². The molecule has 0 spiro atoms. The van der Waals surface area contributed by atoms with Crippen LogP contribution in [0.5, 0.6) is 5.75 Å². The molecule has 5 nitrogen and oxygen atoms in total. The van der Waals surface area contributed by atoms with Crippen molar-refractivity contribution in [1.82, 2.24) is 4.90 Å². The summed E-state index contributed by atoms with van der Waals surface area (Å²) in [6.45, 7) is 2.55. The van der Waals surface area contributed by atoms with Gasteiger partial charge >= 0.3 is 5.97 Å². The molecule has 0 radical (unpaired) electrons. The number of thioether (sulfide) groups is 1. The van der Waals surface area contributed by atoms with Gasteiger partial charge in [0, 0.05) is 13.0 Å². The van der Waals surface area contributed by atoms with Crippen LogP contribution in [0.2, 0.25) is 0 Å². The minimum atomic E-state index is -0.255. The number of carbonyl (C=O) groups is 2. The van der Waals surface area contributed by atoms with E-state index in [1.807, 2.05) is 24.3 Å². The van der Waals surface area contributed by atoms with E-state index in [0.29, 0.717) is 28.8 Å². The van der Waals surface area contributed by atoms with Gasteiger partial charge in [-0.2, -0.15) is 0 Å². The van der Waals surface area contributed by atoms with E-state index in [1.54, 1.807) is 20.1 Å². The first-order chi connectivity index (χ1) is 11.5. The van der Waals surface area contributed by atoms with Gasteiger partial charge in [-0.05, 0) is 37.1 Å². The number of carbonyl (C=O) groups excluding carboxylic acids is 2. The number of ether oxygens (including phenoxy) is 2. The van der Waals surface area contributed by atoms with Gasteiger partial charge in [-0.15, -0.1) is 0 Å². The van der Waals surface area contributed by atoms with E-state index in [-0.39, 0.29) is 18.3 Å². The van der Waals surface area contributed by atoms with Gasteiger partial charge in [-0.1, -0.05) is 36.1 Å². The molecule has 0 aliphatic carbocycles. The quantitative estimate of drug-likeness (QED) is 0.420. The van der Waals surface area contributed by atoms with E-state index >= 15 is 0 Å². The monoisotopic (exact) mass is 365 g/mol. The lowest BCUT2D eigenvalue weighted by Crippen LogP contribution is -2.29. The minimum absolute atomic E-state index is 0.128. The molecule has 0 atom stereocenters. The highest BCUT2D eigenvalue weighted by atomic mass is 32.2. The predicted molar refractivity (Wildman–Crippen MR) is 98.7 cm³/mol. The second-order valence-corrected chi connectivity index (χ2v) is 6.69. The van der Waals surface area contributed by atoms with Crippen molar-refractivity contribution >= 4 is 46.3 Å². The van der Waals surface area contributed by atoms with Crippen molar-refractivity contribution in [1.29, 1.82) is 0 Å². The van der Waals surface area contributed by atoms with Crippen LogP contribution < -0.4 is 4.74 Å². The molecule has 0 unspecified atom stereocenters. The molecule has 0 N–H and O–H groups in total. The molecule has 7 heteroatoms. The molecule has 128 valence electrons. The van der Waals surface area contributed by atoms with E-state index in [4.69, 9.17) is 21.7 Å². The Morgan fingerprint density at radius 2 is 2.21 bits per heavy atom. The van der Waals surface area contributed by atoms with Crippen LogP contribution in [-0.2, 0) is 14.3 Å². The fourth-order valence-electron chi connectivity index (χ4n) is 2.19. The Balaban J connectivity index is 2.00. The summed E-state index contributed by atoms with van der Waals surface area (Å²) in [4.78, 5) is 25.9. The van der Waals surface area contributed by atoms with Gasteiger partial charge in [0.1, 0.15) is 10.1 Å². The Bertz CT molecular complexity index is 672. The van der Waals surface area contributed by atoms with Crippen molar-refractivity contribution in [3.8, 4) is 5.75 Å². The normalized spacial score (nSPS) is 15.9. The van der Waals surface area contributed by atoms with Gasteiger partial charge in [-0.25, -0.2) is 0 Å². The molecule has 1 aromatic rings. The SMILES string of the molecule is CCOC(=O)CCCN1C(=O)/C(=C/c2cccc(OC)c2)SC1=S. The third kappa shape index (κ3) is 4.82. The third-order valence-corrected chi connectivity index (χ3v) is 4.71. The molecule has 0 saturated carbocycles. The molecule has 1 saturated heterocycles. The second kappa shape index (κ2) is 8.84. The van der Waals surface area contributed by atoms with E-state index in [0.717, 1.165) is 11.3 Å². The zero-order valence-corrected chi connectivity index (χ0v) is 15.2. The van der Waals surface area contributed by atoms with Crippen LogP contribution in [0.3, 0.4) is 0 Å². The highest BCUT2D eigenvalue weighted by Crippen LogP contribution is 2.33. The van der Waals surface area contributed by atoms with Crippen molar-refractivity contribution in [2.75, 3.05) is 20.3 Å². The largest absolute Gasteiger partial charge is 0.497 e. The zero-order valence-electron chi connectivity index (χ0n) is 13.6. The van der Waals surface area contributed by atoms with Crippen LogP contribution in [0, 0.1) is 0 Å². The Kier molecular flexibility index (Phi) is 6.81. The van der Waals surface area contributed by atoms with Gasteiger partial charge in [0.2, 0.25) is 0 Å². The number of amides is 1. The number of hydrogen-bond donors (Lipinski definition) is 0. The summed E-state index contributed by atoms with van der Waals surface area (Å²) in [6.07, 6.45) is 2.60. The molecular weight excluding hydrogens is 346 g/mol. The third-order valence-electron chi connectivity index (χ3n) is 3.33. The molecule has 0 bridgehead atoms. The van der Waals surface area contributed by atoms with Crippen molar-refractivity contribution < 1.29 is 19.1 Å². The molecule has 1 amide bonds. The standard InChI is InChI=1S/C17H19NO4S2/c1-3-22-15(19)8-5-9-18-16(20)14(24-17(18)23)11-12-6-4-7-13(10-12)21-2/h4,6-7,10-11H,3,5,8-9H2,1-2H3/b14-11-. The smallest absolute Gasteiger partial charge is 0.305 e. The molecule has 0 aromatic heterocycles. The summed E-state index contributed by atoms with van der Waals surface area (Å²) in [6, 6.07) is 7.46. The zero-order chi connectivity index (χ0) is 17.5. The minimum Gasteiger partial charge on any atom is -0.497 e. The molecule has 1 aliphatic heterocycles. The number of esters is 1. The highest BCUT2D eigenvalue weighted by Gasteiger charge is 2.31. The summed E-state index contributed by atoms with van der Waals surface area (Å²) >= 11 is 6.55. The van der Waals surface area contributed by atoms with Crippen LogP contribution in [-0.4, -0.2) is 41.4 Å². The van der Waals surface area contributed by atoms with Gasteiger partial charge in [0.05, 0.1) is 18.6 Å². The maximum atomic E-state index is 12.5. The van der Waals surface area contributed by atoms with Crippen molar-refractivity contribution in [3.63, 3.8) is 0 Å². The number of hydrogen-bond acceptors (Lipinski definition) is 6. The average Bonchev–Trinajstić information content (AvgIpc) is 2.82. The fourth-order valence-corrected chi connectivity index (χ4v) is 3.50. The topological polar surface area (TPSA) is 55.8 Å². The maximum Gasteiger partial charge on any atom is 0.305 e. The highest BCUT2D eigenvalue weighted by molar-refractivity contribution is 8.26. The lowest BCUT2D eigenvalue weighted by molar-refractivity contribution is -0.143. The van der Waals surface area contributed by atoms with Crippen molar-refractivity contribution in [2.24, 2.45) is 0 Å². The van der Waals surface area contributed by atoms with Crippen LogP contribution >= 0.6 is 24.0 Å². The molecule has 2 rings (SSSR count). The van der Waals surface area contributed by atoms with E-state index in [2.05, 4.69) is 0 Å². The summed E-state index contributed by atoms with van der Waals surface area (Å²) in [5.74, 6) is 0.347. The predicted octanol–water partition coefficient (Wildman–Crippen LogP) is 3.24. The number of benzene rings is 1. The lowest BCUT2D eigenvalue weighted by atomic mass is 10.2. The van der Waals surface area contributed by atoms with Gasteiger partial charge in [-0.3, -0.25) is 14.5 Å². The summed E-state index contributed by atoms with van der Waals surface area (Å²) in [7, 11) is 1.60. The van der Waals surface area contributed by atoms with E-state index < -0.39 is 0 Å². The summed E-state index contributed by atoms with van der Waals surface area (Å²) in [5, 5.41) is 0. The van der Waals surface area contributed by atoms with Crippen LogP contribution in [0.25, 0.3) is 6.08 Å². The second-order valence-electron chi connectivity index (χ2n) is 5.02. The first-order valence-electron chi connectivity index (χ1n) is 7.60. The number of methoxy groups -OCH3 is 1. The van der Waals surface area contributed by atoms with Crippen LogP contribution in [0.15, 0.2) is 29.2 Å². The molecule has 24 heavy (non-hydrogen) atoms. The van der Waals surface area contributed by atoms with Gasteiger partial charge < -0.3 is 9.47 Å². The first kappa shape index (κ1) is 18.5. The molecular formula is C17H19NO4S2. The first-order valence-corrected chi connectivity index (χ1v) is 8.82. The van der Waals surface area contributed by atoms with Crippen LogP contribution in [0.4, 0.5) is 0 Å². The number of rotatable bonds is 7. The van der Waals surface area contributed by atoms with Crippen molar-refractivity contribution in [2.45, 2.75) is 19.8 Å². The van der Waals surface area contributed by atoms with E-state index in [1.165, 1.54) is 16.7 Å². The molecule has 1 heterocycles. The summed E-state index contributed by atoms with van der Waals surface area (Å²) in [5.41, 5.74) is 0.876. The number of nitrogens with zero attached hydrogens (tertiary/aromatic N) is 1. The Labute approximate surface area is 151 Å². The molecule has 1 fully saturated rings. The fraction of sp³-hybridized carbons (Fsp3) is 0.353. The Morgan fingerprint density at radius 3 is 2.92 bits per heavy atom.